The van der Waals surface area contributed by atoms with Gasteiger partial charge in [-0.2, -0.15) is 5.10 Å². The first-order valence-corrected chi connectivity index (χ1v) is 6.69. The van der Waals surface area contributed by atoms with Crippen molar-refractivity contribution in [3.8, 4) is 5.75 Å². The highest BCUT2D eigenvalue weighted by molar-refractivity contribution is 7.99. The molecular weight excluding hydrogens is 246 g/mol. The van der Waals surface area contributed by atoms with E-state index in [9.17, 15) is 0 Å². The Labute approximate surface area is 111 Å². The van der Waals surface area contributed by atoms with Gasteiger partial charge in [-0.1, -0.05) is 18.7 Å². The van der Waals surface area contributed by atoms with Crippen LogP contribution in [0, 0.1) is 0 Å². The van der Waals surface area contributed by atoms with Crippen molar-refractivity contribution < 1.29 is 4.74 Å². The van der Waals surface area contributed by atoms with Gasteiger partial charge in [0, 0.05) is 29.9 Å². The van der Waals surface area contributed by atoms with Gasteiger partial charge in [-0.15, -0.1) is 0 Å². The molecular formula is C13H17N3OS. The van der Waals surface area contributed by atoms with Gasteiger partial charge in [0.15, 0.2) is 0 Å². The van der Waals surface area contributed by atoms with E-state index in [1.807, 2.05) is 37.6 Å². The Morgan fingerprint density at radius 2 is 2.17 bits per heavy atom. The first kappa shape index (κ1) is 12.8. The molecule has 5 heteroatoms. The Balaban J connectivity index is 2.14. The number of ether oxygens (including phenoxy) is 1. The Hall–Kier alpha value is -1.62. The van der Waals surface area contributed by atoms with Gasteiger partial charge >= 0.3 is 0 Å². The van der Waals surface area contributed by atoms with Gasteiger partial charge < -0.3 is 10.5 Å². The SMILES string of the molecule is CCCOc1cc(N)cc(Sc2cnn(C)c2)c1. The third kappa shape index (κ3) is 3.43. The molecule has 0 fully saturated rings. The lowest BCUT2D eigenvalue weighted by Gasteiger charge is -2.08. The van der Waals surface area contributed by atoms with Crippen molar-refractivity contribution >= 4 is 17.4 Å². The molecule has 1 aromatic carbocycles. The summed E-state index contributed by atoms with van der Waals surface area (Å²) in [6.07, 6.45) is 4.79. The second-order valence-electron chi connectivity index (χ2n) is 4.04. The smallest absolute Gasteiger partial charge is 0.122 e. The van der Waals surface area contributed by atoms with Crippen LogP contribution in [0.3, 0.4) is 0 Å². The number of rotatable bonds is 5. The first-order chi connectivity index (χ1) is 8.67. The number of aryl methyl sites for hydroxylation is 1. The molecule has 1 heterocycles. The highest BCUT2D eigenvalue weighted by Gasteiger charge is 2.04. The van der Waals surface area contributed by atoms with Gasteiger partial charge in [-0.3, -0.25) is 4.68 Å². The Morgan fingerprint density at radius 3 is 2.83 bits per heavy atom. The van der Waals surface area contributed by atoms with Crippen molar-refractivity contribution in [2.45, 2.75) is 23.1 Å². The summed E-state index contributed by atoms with van der Waals surface area (Å²) >= 11 is 1.63. The minimum absolute atomic E-state index is 0.709. The summed E-state index contributed by atoms with van der Waals surface area (Å²) < 4.78 is 7.39. The standard InChI is InChI=1S/C13H17N3OS/c1-3-4-17-11-5-10(14)6-12(7-11)18-13-8-15-16(2)9-13/h5-9H,3-4,14H2,1-2H3. The monoisotopic (exact) mass is 263 g/mol. The number of nitrogens with two attached hydrogens (primary N) is 1. The number of hydrogen-bond acceptors (Lipinski definition) is 4. The number of benzene rings is 1. The lowest BCUT2D eigenvalue weighted by atomic mass is 10.3. The molecule has 96 valence electrons. The summed E-state index contributed by atoms with van der Waals surface area (Å²) in [7, 11) is 1.90. The van der Waals surface area contributed by atoms with Crippen LogP contribution < -0.4 is 10.5 Å². The van der Waals surface area contributed by atoms with E-state index in [2.05, 4.69) is 12.0 Å². The molecule has 0 spiro atoms. The van der Waals surface area contributed by atoms with E-state index in [-0.39, 0.29) is 0 Å². The first-order valence-electron chi connectivity index (χ1n) is 5.87. The molecule has 0 amide bonds. The van der Waals surface area contributed by atoms with E-state index in [1.165, 1.54) is 0 Å². The van der Waals surface area contributed by atoms with Crippen LogP contribution in [-0.2, 0) is 7.05 Å². The van der Waals surface area contributed by atoms with E-state index in [0.29, 0.717) is 6.61 Å². The molecule has 4 nitrogen and oxygen atoms in total. The van der Waals surface area contributed by atoms with Crippen LogP contribution in [0.15, 0.2) is 40.4 Å². The Kier molecular flexibility index (Phi) is 4.15. The van der Waals surface area contributed by atoms with Gasteiger partial charge in [-0.25, -0.2) is 0 Å². The van der Waals surface area contributed by atoms with Crippen LogP contribution in [0.1, 0.15) is 13.3 Å². The fraction of sp³-hybridized carbons (Fsp3) is 0.308. The molecule has 0 atom stereocenters. The maximum Gasteiger partial charge on any atom is 0.122 e. The van der Waals surface area contributed by atoms with Crippen LogP contribution in [-0.4, -0.2) is 16.4 Å². The Bertz CT molecular complexity index is 525. The molecule has 0 saturated carbocycles. The number of hydrogen-bond donors (Lipinski definition) is 1. The van der Waals surface area contributed by atoms with Crippen molar-refractivity contribution in [3.05, 3.63) is 30.6 Å². The zero-order chi connectivity index (χ0) is 13.0. The molecule has 0 aliphatic rings. The lowest BCUT2D eigenvalue weighted by molar-refractivity contribution is 0.317. The number of nitrogen functional groups attached to an aromatic ring is 1. The minimum Gasteiger partial charge on any atom is -0.493 e. The molecule has 18 heavy (non-hydrogen) atoms. The molecule has 0 radical (unpaired) electrons. The molecule has 2 aromatic rings. The highest BCUT2D eigenvalue weighted by atomic mass is 32.2. The molecule has 0 aliphatic carbocycles. The van der Waals surface area contributed by atoms with Crippen LogP contribution >= 0.6 is 11.8 Å². The second kappa shape index (κ2) is 5.82. The average Bonchev–Trinajstić information content (AvgIpc) is 2.71. The third-order valence-corrected chi connectivity index (χ3v) is 3.21. The second-order valence-corrected chi connectivity index (χ2v) is 5.18. The van der Waals surface area contributed by atoms with Crippen LogP contribution in [0.5, 0.6) is 5.75 Å². The summed E-state index contributed by atoms with van der Waals surface area (Å²) in [6, 6.07) is 5.79. The van der Waals surface area contributed by atoms with E-state index in [1.54, 1.807) is 16.4 Å². The van der Waals surface area contributed by atoms with Gasteiger partial charge in [-0.05, 0) is 18.6 Å². The zero-order valence-electron chi connectivity index (χ0n) is 10.6. The van der Waals surface area contributed by atoms with E-state index in [4.69, 9.17) is 10.5 Å². The molecule has 2 rings (SSSR count). The number of nitrogens with zero attached hydrogens (tertiary/aromatic N) is 2. The van der Waals surface area contributed by atoms with Gasteiger partial charge in [0.2, 0.25) is 0 Å². The lowest BCUT2D eigenvalue weighted by Crippen LogP contribution is -1.96. The summed E-state index contributed by atoms with van der Waals surface area (Å²) in [6.45, 7) is 2.79. The van der Waals surface area contributed by atoms with Crippen molar-refractivity contribution in [1.29, 1.82) is 0 Å². The molecule has 0 unspecified atom stereocenters. The van der Waals surface area contributed by atoms with Crippen molar-refractivity contribution in [1.82, 2.24) is 9.78 Å². The topological polar surface area (TPSA) is 53.1 Å². The van der Waals surface area contributed by atoms with E-state index in [0.717, 1.165) is 27.6 Å². The van der Waals surface area contributed by atoms with E-state index >= 15 is 0 Å². The van der Waals surface area contributed by atoms with E-state index < -0.39 is 0 Å². The predicted molar refractivity (Wildman–Crippen MR) is 74.0 cm³/mol. The van der Waals surface area contributed by atoms with Crippen molar-refractivity contribution in [3.63, 3.8) is 0 Å². The zero-order valence-corrected chi connectivity index (χ0v) is 11.4. The van der Waals surface area contributed by atoms with Crippen LogP contribution in [0.4, 0.5) is 5.69 Å². The summed E-state index contributed by atoms with van der Waals surface area (Å²) in [5.74, 6) is 0.822. The molecule has 2 N–H and O–H groups in total. The van der Waals surface area contributed by atoms with Crippen molar-refractivity contribution in [2.24, 2.45) is 7.05 Å². The molecule has 0 saturated heterocycles. The predicted octanol–water partition coefficient (Wildman–Crippen LogP) is 2.94. The fourth-order valence-electron chi connectivity index (χ4n) is 1.54. The summed E-state index contributed by atoms with van der Waals surface area (Å²) in [4.78, 5) is 2.15. The van der Waals surface area contributed by atoms with Gasteiger partial charge in [0.05, 0.1) is 17.7 Å². The highest BCUT2D eigenvalue weighted by Crippen LogP contribution is 2.31. The quantitative estimate of drug-likeness (QED) is 0.843. The van der Waals surface area contributed by atoms with Crippen LogP contribution in [0.2, 0.25) is 0 Å². The third-order valence-electron chi connectivity index (χ3n) is 2.29. The summed E-state index contributed by atoms with van der Waals surface area (Å²) in [5, 5.41) is 4.14. The minimum atomic E-state index is 0.709. The van der Waals surface area contributed by atoms with Gasteiger partial charge in [0.1, 0.15) is 5.75 Å². The largest absolute Gasteiger partial charge is 0.493 e. The average molecular weight is 263 g/mol. The molecule has 1 aromatic heterocycles. The summed E-state index contributed by atoms with van der Waals surface area (Å²) in [5.41, 5.74) is 6.59. The Morgan fingerprint density at radius 1 is 1.33 bits per heavy atom. The van der Waals surface area contributed by atoms with Gasteiger partial charge in [0.25, 0.3) is 0 Å². The molecule has 0 bridgehead atoms. The molecule has 0 aliphatic heterocycles. The fourth-order valence-corrected chi connectivity index (χ4v) is 2.49. The number of anilines is 1. The number of aromatic nitrogens is 2. The van der Waals surface area contributed by atoms with Crippen LogP contribution in [0.25, 0.3) is 0 Å². The van der Waals surface area contributed by atoms with Crippen molar-refractivity contribution in [2.75, 3.05) is 12.3 Å². The maximum absolute atomic E-state index is 5.88. The maximum atomic E-state index is 5.88. The normalized spacial score (nSPS) is 10.6.